The van der Waals surface area contributed by atoms with Gasteiger partial charge in [-0.05, 0) is 42.5 Å². The highest BCUT2D eigenvalue weighted by molar-refractivity contribution is 6.04. The molecule has 2 aromatic carbocycles. The van der Waals surface area contributed by atoms with Gasteiger partial charge in [-0.3, -0.25) is 4.79 Å². The van der Waals surface area contributed by atoms with E-state index in [9.17, 15) is 4.79 Å². The van der Waals surface area contributed by atoms with Crippen molar-refractivity contribution in [2.45, 2.75) is 0 Å². The van der Waals surface area contributed by atoms with E-state index in [4.69, 9.17) is 4.74 Å². The molecule has 6 nitrogen and oxygen atoms in total. The molecule has 0 spiro atoms. The molecule has 0 aliphatic carbocycles. The van der Waals surface area contributed by atoms with Crippen LogP contribution in [-0.4, -0.2) is 41.8 Å². The third-order valence-electron chi connectivity index (χ3n) is 4.41. The molecule has 0 unspecified atom stereocenters. The van der Waals surface area contributed by atoms with E-state index in [0.717, 1.165) is 43.4 Å². The van der Waals surface area contributed by atoms with Crippen LogP contribution in [0.4, 0.5) is 11.4 Å². The van der Waals surface area contributed by atoms with Crippen LogP contribution in [0.15, 0.2) is 67.3 Å². The van der Waals surface area contributed by atoms with Gasteiger partial charge in [0.25, 0.3) is 5.91 Å². The SMILES string of the molecule is O=C(Nc1cccc(N2CCOCC2)c1)c1ccc(-n2ccnc2)cc1. The van der Waals surface area contributed by atoms with Crippen molar-refractivity contribution in [1.82, 2.24) is 9.55 Å². The fourth-order valence-corrected chi connectivity index (χ4v) is 3.00. The number of aromatic nitrogens is 2. The number of benzene rings is 2. The second-order valence-electron chi connectivity index (χ2n) is 6.12. The van der Waals surface area contributed by atoms with Crippen molar-refractivity contribution in [2.75, 3.05) is 36.5 Å². The Morgan fingerprint density at radius 1 is 1.04 bits per heavy atom. The number of carbonyl (C=O) groups excluding carboxylic acids is 1. The normalized spacial score (nSPS) is 14.2. The van der Waals surface area contributed by atoms with Crippen LogP contribution in [-0.2, 0) is 4.74 Å². The fraction of sp³-hybridized carbons (Fsp3) is 0.200. The van der Waals surface area contributed by atoms with Crippen LogP contribution in [0.25, 0.3) is 5.69 Å². The van der Waals surface area contributed by atoms with Gasteiger partial charge in [0, 0.05) is 48.1 Å². The molecule has 3 aromatic rings. The molecule has 0 bridgehead atoms. The van der Waals surface area contributed by atoms with Crippen LogP contribution in [0.2, 0.25) is 0 Å². The lowest BCUT2D eigenvalue weighted by Gasteiger charge is -2.29. The molecular weight excluding hydrogens is 328 g/mol. The zero-order chi connectivity index (χ0) is 17.8. The smallest absolute Gasteiger partial charge is 0.255 e. The molecule has 26 heavy (non-hydrogen) atoms. The fourth-order valence-electron chi connectivity index (χ4n) is 3.00. The number of hydrogen-bond donors (Lipinski definition) is 1. The van der Waals surface area contributed by atoms with Crippen molar-refractivity contribution < 1.29 is 9.53 Å². The summed E-state index contributed by atoms with van der Waals surface area (Å²) in [5.41, 5.74) is 3.47. The minimum atomic E-state index is -0.124. The van der Waals surface area contributed by atoms with Gasteiger partial charge < -0.3 is 19.5 Å². The third-order valence-corrected chi connectivity index (χ3v) is 4.41. The molecule has 0 saturated carbocycles. The van der Waals surface area contributed by atoms with Crippen LogP contribution < -0.4 is 10.2 Å². The largest absolute Gasteiger partial charge is 0.378 e. The second kappa shape index (κ2) is 7.41. The second-order valence-corrected chi connectivity index (χ2v) is 6.12. The van der Waals surface area contributed by atoms with Gasteiger partial charge in [0.15, 0.2) is 0 Å². The Bertz CT molecular complexity index is 869. The Kier molecular flexibility index (Phi) is 4.66. The average molecular weight is 348 g/mol. The van der Waals surface area contributed by atoms with Crippen molar-refractivity contribution in [2.24, 2.45) is 0 Å². The summed E-state index contributed by atoms with van der Waals surface area (Å²) in [7, 11) is 0. The number of ether oxygens (including phenoxy) is 1. The Morgan fingerprint density at radius 2 is 1.85 bits per heavy atom. The molecule has 6 heteroatoms. The first-order chi connectivity index (χ1) is 12.8. The Morgan fingerprint density at radius 3 is 2.58 bits per heavy atom. The van der Waals surface area contributed by atoms with Crippen molar-refractivity contribution >= 4 is 17.3 Å². The maximum atomic E-state index is 12.5. The minimum Gasteiger partial charge on any atom is -0.378 e. The quantitative estimate of drug-likeness (QED) is 0.787. The zero-order valence-corrected chi connectivity index (χ0v) is 14.3. The average Bonchev–Trinajstić information content (AvgIpc) is 3.24. The summed E-state index contributed by atoms with van der Waals surface area (Å²) in [4.78, 5) is 18.8. The predicted octanol–water partition coefficient (Wildman–Crippen LogP) is 2.96. The number of rotatable bonds is 4. The lowest BCUT2D eigenvalue weighted by Crippen LogP contribution is -2.36. The van der Waals surface area contributed by atoms with E-state index in [0.29, 0.717) is 5.56 Å². The van der Waals surface area contributed by atoms with E-state index >= 15 is 0 Å². The maximum Gasteiger partial charge on any atom is 0.255 e. The standard InChI is InChI=1S/C20H20N4O2/c25-20(16-4-6-18(7-5-16)24-9-8-21-15-24)22-17-2-1-3-19(14-17)23-10-12-26-13-11-23/h1-9,14-15H,10-13H2,(H,22,25). The highest BCUT2D eigenvalue weighted by atomic mass is 16.5. The summed E-state index contributed by atoms with van der Waals surface area (Å²) in [6.45, 7) is 3.21. The number of carbonyl (C=O) groups is 1. The van der Waals surface area contributed by atoms with Gasteiger partial charge in [-0.15, -0.1) is 0 Å². The highest BCUT2D eigenvalue weighted by Gasteiger charge is 2.12. The molecule has 0 atom stereocenters. The van der Waals surface area contributed by atoms with E-state index in [1.807, 2.05) is 53.2 Å². The minimum absolute atomic E-state index is 0.124. The number of nitrogens with one attached hydrogen (secondary N) is 1. The first kappa shape index (κ1) is 16.4. The van der Waals surface area contributed by atoms with Gasteiger partial charge in [0.05, 0.1) is 19.5 Å². The summed E-state index contributed by atoms with van der Waals surface area (Å²) in [5.74, 6) is -0.124. The summed E-state index contributed by atoms with van der Waals surface area (Å²) in [6.07, 6.45) is 5.32. The number of nitrogens with zero attached hydrogens (tertiary/aromatic N) is 3. The van der Waals surface area contributed by atoms with Gasteiger partial charge in [-0.25, -0.2) is 4.98 Å². The van der Waals surface area contributed by atoms with Crippen LogP contribution in [0.3, 0.4) is 0 Å². The van der Waals surface area contributed by atoms with Crippen molar-refractivity contribution in [3.8, 4) is 5.69 Å². The summed E-state index contributed by atoms with van der Waals surface area (Å²) in [6, 6.07) is 15.4. The Hall–Kier alpha value is -3.12. The predicted molar refractivity (Wildman–Crippen MR) is 101 cm³/mol. The van der Waals surface area contributed by atoms with Crippen LogP contribution >= 0.6 is 0 Å². The third kappa shape index (κ3) is 3.60. The molecule has 2 heterocycles. The lowest BCUT2D eigenvalue weighted by atomic mass is 10.2. The summed E-state index contributed by atoms with van der Waals surface area (Å²) < 4.78 is 7.29. The molecule has 1 N–H and O–H groups in total. The van der Waals surface area contributed by atoms with Gasteiger partial charge in [-0.2, -0.15) is 0 Å². The Balaban J connectivity index is 1.46. The monoisotopic (exact) mass is 348 g/mol. The lowest BCUT2D eigenvalue weighted by molar-refractivity contribution is 0.102. The molecule has 132 valence electrons. The molecule has 0 radical (unpaired) electrons. The van der Waals surface area contributed by atoms with E-state index in [-0.39, 0.29) is 5.91 Å². The molecule has 1 saturated heterocycles. The summed E-state index contributed by atoms with van der Waals surface area (Å²) >= 11 is 0. The van der Waals surface area contributed by atoms with E-state index in [1.54, 1.807) is 12.5 Å². The molecule has 1 aliphatic rings. The van der Waals surface area contributed by atoms with Gasteiger partial charge >= 0.3 is 0 Å². The van der Waals surface area contributed by atoms with Crippen LogP contribution in [0.5, 0.6) is 0 Å². The maximum absolute atomic E-state index is 12.5. The number of morpholine rings is 1. The molecule has 1 amide bonds. The molecule has 1 aromatic heterocycles. The van der Waals surface area contributed by atoms with E-state index in [1.165, 1.54) is 0 Å². The van der Waals surface area contributed by atoms with Gasteiger partial charge in [0.1, 0.15) is 0 Å². The first-order valence-electron chi connectivity index (χ1n) is 8.62. The summed E-state index contributed by atoms with van der Waals surface area (Å²) in [5, 5.41) is 2.98. The molecule has 4 rings (SSSR count). The number of hydrogen-bond acceptors (Lipinski definition) is 4. The first-order valence-corrected chi connectivity index (χ1v) is 8.62. The van der Waals surface area contributed by atoms with Crippen molar-refractivity contribution in [3.05, 3.63) is 72.8 Å². The molecule has 1 fully saturated rings. The number of amides is 1. The van der Waals surface area contributed by atoms with Gasteiger partial charge in [-0.1, -0.05) is 6.07 Å². The highest BCUT2D eigenvalue weighted by Crippen LogP contribution is 2.21. The van der Waals surface area contributed by atoms with Gasteiger partial charge in [0.2, 0.25) is 0 Å². The van der Waals surface area contributed by atoms with Crippen LogP contribution in [0.1, 0.15) is 10.4 Å². The van der Waals surface area contributed by atoms with Crippen LogP contribution in [0, 0.1) is 0 Å². The zero-order valence-electron chi connectivity index (χ0n) is 14.3. The topological polar surface area (TPSA) is 59.4 Å². The van der Waals surface area contributed by atoms with E-state index < -0.39 is 0 Å². The molecular formula is C20H20N4O2. The Labute approximate surface area is 152 Å². The van der Waals surface area contributed by atoms with E-state index in [2.05, 4.69) is 21.3 Å². The molecule has 1 aliphatic heterocycles. The van der Waals surface area contributed by atoms with Crippen molar-refractivity contribution in [3.63, 3.8) is 0 Å². The van der Waals surface area contributed by atoms with Crippen molar-refractivity contribution in [1.29, 1.82) is 0 Å². The number of imidazole rings is 1. The number of anilines is 2.